The molecule has 2 aliphatic rings. The maximum Gasteiger partial charge on any atom is 0.261 e. The van der Waals surface area contributed by atoms with Gasteiger partial charge >= 0.3 is 0 Å². The molecular formula is C21H22Cl2N4O2S. The van der Waals surface area contributed by atoms with Gasteiger partial charge in [0.2, 0.25) is 0 Å². The van der Waals surface area contributed by atoms with E-state index in [0.29, 0.717) is 26.6 Å². The Hall–Kier alpha value is -1.77. The summed E-state index contributed by atoms with van der Waals surface area (Å²) in [4.78, 5) is 5.73. The van der Waals surface area contributed by atoms with Crippen LogP contribution in [0.1, 0.15) is 18.4 Å². The summed E-state index contributed by atoms with van der Waals surface area (Å²) in [5.41, 5.74) is 2.22. The van der Waals surface area contributed by atoms with E-state index in [-0.39, 0.29) is 10.4 Å². The standard InChI is InChI=1S/C21H22Cl2N4O2S/c22-16-5-6-18(20-19(16)17(23)13-25-20)26-30(28,29)15-3-1-14(2-4-15)21(7-8-21)27-11-9-24-10-12-27/h1-6,13,24-26H,7-12H2. The molecule has 158 valence electrons. The van der Waals surface area contributed by atoms with Crippen molar-refractivity contribution in [3.05, 3.63) is 58.2 Å². The number of fused-ring (bicyclic) bond motifs is 1. The van der Waals surface area contributed by atoms with Crippen LogP contribution in [0.2, 0.25) is 10.0 Å². The van der Waals surface area contributed by atoms with Crippen molar-refractivity contribution in [3.63, 3.8) is 0 Å². The highest BCUT2D eigenvalue weighted by atomic mass is 35.5. The smallest absolute Gasteiger partial charge is 0.261 e. The Kier molecular flexibility index (Phi) is 4.99. The molecule has 3 N–H and O–H groups in total. The number of benzene rings is 2. The number of hydrogen-bond donors (Lipinski definition) is 3. The molecule has 0 unspecified atom stereocenters. The molecule has 5 rings (SSSR count). The van der Waals surface area contributed by atoms with E-state index in [4.69, 9.17) is 23.2 Å². The predicted molar refractivity (Wildman–Crippen MR) is 121 cm³/mol. The number of H-pyrrole nitrogens is 1. The fourth-order valence-electron chi connectivity index (χ4n) is 4.40. The zero-order chi connectivity index (χ0) is 20.9. The number of anilines is 1. The van der Waals surface area contributed by atoms with Crippen molar-refractivity contribution >= 4 is 49.8 Å². The van der Waals surface area contributed by atoms with Gasteiger partial charge in [0.1, 0.15) is 0 Å². The third kappa shape index (κ3) is 3.39. The zero-order valence-corrected chi connectivity index (χ0v) is 18.5. The molecule has 0 radical (unpaired) electrons. The van der Waals surface area contributed by atoms with E-state index in [1.54, 1.807) is 30.5 Å². The number of hydrogen-bond acceptors (Lipinski definition) is 4. The third-order valence-corrected chi connectivity index (χ3v) is 8.12. The van der Waals surface area contributed by atoms with Gasteiger partial charge in [0.15, 0.2) is 0 Å². The maximum absolute atomic E-state index is 13.0. The van der Waals surface area contributed by atoms with Gasteiger partial charge in [-0.1, -0.05) is 35.3 Å². The molecular weight excluding hydrogens is 443 g/mol. The third-order valence-electron chi connectivity index (χ3n) is 6.13. The Bertz CT molecular complexity index is 1200. The second-order valence-corrected chi connectivity index (χ2v) is 10.4. The van der Waals surface area contributed by atoms with Crippen LogP contribution in [-0.2, 0) is 15.6 Å². The lowest BCUT2D eigenvalue weighted by Gasteiger charge is -2.35. The number of aromatic amines is 1. The Morgan fingerprint density at radius 1 is 0.967 bits per heavy atom. The summed E-state index contributed by atoms with van der Waals surface area (Å²) in [6.07, 6.45) is 3.83. The topological polar surface area (TPSA) is 77.2 Å². The quantitative estimate of drug-likeness (QED) is 0.529. The van der Waals surface area contributed by atoms with Crippen molar-refractivity contribution in [1.29, 1.82) is 0 Å². The molecule has 1 saturated heterocycles. The number of nitrogens with one attached hydrogen (secondary N) is 3. The number of aromatic nitrogens is 1. The molecule has 0 spiro atoms. The molecule has 1 aromatic heterocycles. The van der Waals surface area contributed by atoms with E-state index < -0.39 is 10.0 Å². The number of halogens is 2. The summed E-state index contributed by atoms with van der Waals surface area (Å²) in [5, 5.41) is 4.90. The predicted octanol–water partition coefficient (Wildman–Crippen LogP) is 4.17. The first-order valence-electron chi connectivity index (χ1n) is 9.95. The second kappa shape index (κ2) is 7.43. The van der Waals surface area contributed by atoms with Gasteiger partial charge in [-0.25, -0.2) is 8.42 Å². The van der Waals surface area contributed by atoms with Gasteiger partial charge in [-0.2, -0.15) is 0 Å². The Balaban J connectivity index is 1.41. The average Bonchev–Trinajstić information content (AvgIpc) is 3.47. The molecule has 0 atom stereocenters. The van der Waals surface area contributed by atoms with Crippen LogP contribution in [0.25, 0.3) is 10.9 Å². The number of rotatable bonds is 5. The van der Waals surface area contributed by atoms with Crippen molar-refractivity contribution in [3.8, 4) is 0 Å². The first kappa shape index (κ1) is 20.2. The summed E-state index contributed by atoms with van der Waals surface area (Å²) in [5.74, 6) is 0. The summed E-state index contributed by atoms with van der Waals surface area (Å²) in [7, 11) is -3.75. The molecule has 30 heavy (non-hydrogen) atoms. The number of piperazine rings is 1. The van der Waals surface area contributed by atoms with E-state index in [2.05, 4.69) is 19.9 Å². The van der Waals surface area contributed by atoms with Crippen LogP contribution in [0, 0.1) is 0 Å². The summed E-state index contributed by atoms with van der Waals surface area (Å²) in [6, 6.07) is 10.5. The Labute approximate surface area is 185 Å². The molecule has 2 heterocycles. The molecule has 1 aliphatic heterocycles. The van der Waals surface area contributed by atoms with Crippen molar-refractivity contribution < 1.29 is 8.42 Å². The van der Waals surface area contributed by atoms with Crippen LogP contribution in [0.15, 0.2) is 47.5 Å². The van der Waals surface area contributed by atoms with Crippen LogP contribution in [0.4, 0.5) is 5.69 Å². The first-order valence-corrected chi connectivity index (χ1v) is 12.2. The van der Waals surface area contributed by atoms with E-state index >= 15 is 0 Å². The highest BCUT2D eigenvalue weighted by Gasteiger charge is 2.49. The first-order chi connectivity index (χ1) is 14.4. The summed E-state index contributed by atoms with van der Waals surface area (Å²) >= 11 is 12.4. The second-order valence-electron chi connectivity index (χ2n) is 7.88. The van der Waals surface area contributed by atoms with E-state index in [0.717, 1.165) is 39.0 Å². The molecule has 6 nitrogen and oxygen atoms in total. The summed E-state index contributed by atoms with van der Waals surface area (Å²) < 4.78 is 28.7. The molecule has 0 bridgehead atoms. The van der Waals surface area contributed by atoms with Crippen molar-refractivity contribution in [2.75, 3.05) is 30.9 Å². The fraction of sp³-hybridized carbons (Fsp3) is 0.333. The van der Waals surface area contributed by atoms with Crippen LogP contribution < -0.4 is 10.0 Å². The van der Waals surface area contributed by atoms with E-state index in [1.165, 1.54) is 5.56 Å². The van der Waals surface area contributed by atoms with Crippen LogP contribution in [0.3, 0.4) is 0 Å². The minimum absolute atomic E-state index is 0.0706. The SMILES string of the molecule is O=S(=O)(Nc1ccc(Cl)c2c(Cl)c[nH]c12)c1ccc(C2(N3CCNCC3)CC2)cc1. The highest BCUT2D eigenvalue weighted by molar-refractivity contribution is 7.92. The molecule has 9 heteroatoms. The lowest BCUT2D eigenvalue weighted by atomic mass is 10.0. The molecule has 2 aromatic carbocycles. The van der Waals surface area contributed by atoms with Crippen LogP contribution in [0.5, 0.6) is 0 Å². The van der Waals surface area contributed by atoms with Gasteiger partial charge in [0, 0.05) is 43.3 Å². The lowest BCUT2D eigenvalue weighted by molar-refractivity contribution is 0.154. The lowest BCUT2D eigenvalue weighted by Crippen LogP contribution is -2.48. The Morgan fingerprint density at radius 2 is 1.67 bits per heavy atom. The largest absolute Gasteiger partial charge is 0.358 e. The average molecular weight is 465 g/mol. The van der Waals surface area contributed by atoms with Gasteiger partial charge in [0.25, 0.3) is 10.0 Å². The molecule has 2 fully saturated rings. The zero-order valence-electron chi connectivity index (χ0n) is 16.2. The highest BCUT2D eigenvalue weighted by Crippen LogP contribution is 2.51. The van der Waals surface area contributed by atoms with Crippen LogP contribution in [-0.4, -0.2) is 44.5 Å². The van der Waals surface area contributed by atoms with Gasteiger partial charge in [-0.05, 0) is 42.7 Å². The minimum atomic E-state index is -3.75. The molecule has 1 saturated carbocycles. The van der Waals surface area contributed by atoms with Gasteiger partial charge in [0.05, 0.1) is 26.1 Å². The van der Waals surface area contributed by atoms with Crippen LogP contribution >= 0.6 is 23.2 Å². The molecule has 3 aromatic rings. The van der Waals surface area contributed by atoms with Gasteiger partial charge < -0.3 is 10.3 Å². The molecule has 1 aliphatic carbocycles. The summed E-state index contributed by atoms with van der Waals surface area (Å²) in [6.45, 7) is 4.03. The minimum Gasteiger partial charge on any atom is -0.358 e. The van der Waals surface area contributed by atoms with Crippen molar-refractivity contribution in [1.82, 2.24) is 15.2 Å². The molecule has 0 amide bonds. The van der Waals surface area contributed by atoms with Gasteiger partial charge in [-0.15, -0.1) is 0 Å². The van der Waals surface area contributed by atoms with Crippen molar-refractivity contribution in [2.45, 2.75) is 23.3 Å². The maximum atomic E-state index is 13.0. The fourth-order valence-corrected chi connectivity index (χ4v) is 6.03. The van der Waals surface area contributed by atoms with E-state index in [1.807, 2.05) is 12.1 Å². The normalized spacial score (nSPS) is 19.1. The monoisotopic (exact) mass is 464 g/mol. The Morgan fingerprint density at radius 3 is 2.33 bits per heavy atom. The van der Waals surface area contributed by atoms with E-state index in [9.17, 15) is 8.42 Å². The van der Waals surface area contributed by atoms with Gasteiger partial charge in [-0.3, -0.25) is 9.62 Å². The number of sulfonamides is 1. The van der Waals surface area contributed by atoms with Crippen molar-refractivity contribution in [2.24, 2.45) is 0 Å². The number of nitrogens with zero attached hydrogens (tertiary/aromatic N) is 1.